The molecule has 1 aromatic rings. The first-order chi connectivity index (χ1) is 13.5. The fourth-order valence-corrected chi connectivity index (χ4v) is 3.72. The van der Waals surface area contributed by atoms with Gasteiger partial charge < -0.3 is 19.9 Å². The topological polar surface area (TPSA) is 87.5 Å². The molecule has 1 aromatic heterocycles. The van der Waals surface area contributed by atoms with Crippen molar-refractivity contribution < 1.29 is 27.9 Å². The van der Waals surface area contributed by atoms with Crippen LogP contribution in [0, 0.1) is 5.92 Å². The molecule has 0 radical (unpaired) electrons. The number of amides is 2. The third-order valence-electron chi connectivity index (χ3n) is 5.58. The van der Waals surface area contributed by atoms with E-state index in [9.17, 15) is 27.9 Å². The summed E-state index contributed by atoms with van der Waals surface area (Å²) in [4.78, 5) is 30.1. The number of hydrogen-bond donors (Lipinski definition) is 2. The highest BCUT2D eigenvalue weighted by Crippen LogP contribution is 2.40. The van der Waals surface area contributed by atoms with E-state index in [0.29, 0.717) is 25.9 Å². The summed E-state index contributed by atoms with van der Waals surface area (Å²) in [7, 11) is 1.32. The predicted octanol–water partition coefficient (Wildman–Crippen LogP) is 2.10. The zero-order valence-corrected chi connectivity index (χ0v) is 17.0. The Labute approximate surface area is 168 Å². The molecular weight excluding hydrogens is 389 g/mol. The van der Waals surface area contributed by atoms with Gasteiger partial charge in [-0.1, -0.05) is 13.8 Å². The number of aliphatic hydroxyl groups is 1. The maximum Gasteiger partial charge on any atom is 0.425 e. The van der Waals surface area contributed by atoms with Crippen LogP contribution in [0.5, 0.6) is 0 Å². The van der Waals surface area contributed by atoms with Crippen LogP contribution < -0.4 is 5.32 Å². The molecule has 29 heavy (non-hydrogen) atoms. The van der Waals surface area contributed by atoms with E-state index in [1.165, 1.54) is 13.2 Å². The molecule has 2 rings (SSSR count). The molecule has 164 valence electrons. The smallest absolute Gasteiger partial charge is 0.374 e. The van der Waals surface area contributed by atoms with Crippen molar-refractivity contribution in [2.75, 3.05) is 13.1 Å². The number of aromatic nitrogens is 2. The van der Waals surface area contributed by atoms with Gasteiger partial charge in [0, 0.05) is 44.5 Å². The Bertz CT molecular complexity index is 710. The number of likely N-dealkylation sites (tertiary alicyclic amines) is 1. The first-order valence-electron chi connectivity index (χ1n) is 9.88. The van der Waals surface area contributed by atoms with Gasteiger partial charge in [-0.25, -0.2) is 4.98 Å². The summed E-state index contributed by atoms with van der Waals surface area (Å²) in [5.74, 6) is -1.48. The first kappa shape index (κ1) is 23.2. The minimum atomic E-state index is -5.06. The number of nitrogens with zero attached hydrogens (tertiary/aromatic N) is 3. The molecule has 7 nitrogen and oxygen atoms in total. The summed E-state index contributed by atoms with van der Waals surface area (Å²) in [5.41, 5.74) is -3.37. The molecule has 10 heteroatoms. The monoisotopic (exact) mass is 418 g/mol. The van der Waals surface area contributed by atoms with Gasteiger partial charge in [-0.3, -0.25) is 9.59 Å². The largest absolute Gasteiger partial charge is 0.425 e. The van der Waals surface area contributed by atoms with Crippen LogP contribution in [0.15, 0.2) is 12.4 Å². The molecule has 1 atom stereocenters. The third kappa shape index (κ3) is 5.09. The van der Waals surface area contributed by atoms with E-state index in [2.05, 4.69) is 10.3 Å². The second kappa shape index (κ2) is 9.15. The maximum absolute atomic E-state index is 13.5. The molecule has 2 N–H and O–H groups in total. The molecular formula is C19H29F3N4O3. The fourth-order valence-electron chi connectivity index (χ4n) is 3.72. The van der Waals surface area contributed by atoms with Gasteiger partial charge in [-0.2, -0.15) is 13.2 Å². The molecule has 0 spiro atoms. The quantitative estimate of drug-likeness (QED) is 0.710. The van der Waals surface area contributed by atoms with Crippen molar-refractivity contribution in [3.63, 3.8) is 0 Å². The van der Waals surface area contributed by atoms with Gasteiger partial charge >= 0.3 is 6.18 Å². The van der Waals surface area contributed by atoms with Crippen molar-refractivity contribution in [2.45, 2.75) is 63.8 Å². The average Bonchev–Trinajstić information content (AvgIpc) is 3.08. The number of carbonyl (C=O) groups is 2. The lowest BCUT2D eigenvalue weighted by atomic mass is 9.95. The lowest BCUT2D eigenvalue weighted by molar-refractivity contribution is -0.271. The van der Waals surface area contributed by atoms with Crippen LogP contribution in [0.25, 0.3) is 0 Å². The van der Waals surface area contributed by atoms with Crippen molar-refractivity contribution in [2.24, 2.45) is 13.0 Å². The lowest BCUT2D eigenvalue weighted by Gasteiger charge is -2.35. The normalized spacial score (nSPS) is 18.0. The van der Waals surface area contributed by atoms with E-state index < -0.39 is 29.9 Å². The number of hydrogen-bond acceptors (Lipinski definition) is 4. The Kier molecular flexibility index (Phi) is 7.31. The van der Waals surface area contributed by atoms with E-state index in [1.54, 1.807) is 4.90 Å². The van der Waals surface area contributed by atoms with Gasteiger partial charge in [-0.05, 0) is 25.7 Å². The van der Waals surface area contributed by atoms with Gasteiger partial charge in [0.15, 0.2) is 5.82 Å². The van der Waals surface area contributed by atoms with Crippen LogP contribution in [-0.2, 0) is 22.2 Å². The molecule has 1 unspecified atom stereocenters. The van der Waals surface area contributed by atoms with E-state index in [0.717, 1.165) is 23.6 Å². The van der Waals surface area contributed by atoms with Crippen LogP contribution in [0.3, 0.4) is 0 Å². The summed E-state index contributed by atoms with van der Waals surface area (Å²) in [5, 5.41) is 12.9. The second-order valence-corrected chi connectivity index (χ2v) is 7.58. The second-order valence-electron chi connectivity index (χ2n) is 7.58. The average molecular weight is 418 g/mol. The van der Waals surface area contributed by atoms with Crippen LogP contribution in [0.1, 0.15) is 51.8 Å². The number of halogens is 3. The van der Waals surface area contributed by atoms with Gasteiger partial charge in [0.1, 0.15) is 0 Å². The molecule has 2 amide bonds. The zero-order chi connectivity index (χ0) is 21.8. The third-order valence-corrected chi connectivity index (χ3v) is 5.58. The van der Waals surface area contributed by atoms with Crippen molar-refractivity contribution >= 4 is 11.8 Å². The predicted molar refractivity (Wildman–Crippen MR) is 99.6 cm³/mol. The number of carbonyl (C=O) groups excluding carboxylic acids is 2. The fraction of sp³-hybridized carbons (Fsp3) is 0.737. The Morgan fingerprint density at radius 1 is 1.28 bits per heavy atom. The molecule has 1 aliphatic heterocycles. The molecule has 0 saturated carbocycles. The highest BCUT2D eigenvalue weighted by Gasteiger charge is 2.58. The van der Waals surface area contributed by atoms with Gasteiger partial charge in [0.2, 0.25) is 17.4 Å². The minimum Gasteiger partial charge on any atom is -0.374 e. The number of aryl methyl sites for hydroxylation is 1. The van der Waals surface area contributed by atoms with Crippen LogP contribution >= 0.6 is 0 Å². The molecule has 0 bridgehead atoms. The number of nitrogens with one attached hydrogen (secondary N) is 1. The number of imidazole rings is 1. The van der Waals surface area contributed by atoms with Crippen LogP contribution in [0.4, 0.5) is 13.2 Å². The molecule has 1 saturated heterocycles. The highest BCUT2D eigenvalue weighted by atomic mass is 19.4. The standard InChI is InChI=1S/C19H29F3N4O3/c1-4-13(5-2)16(28)26-9-6-14(7-10-26)24-15(27)12-18(29,19(20,21)22)17-23-8-11-25(17)3/h8,11,13-14,29H,4-7,9-10,12H2,1-3H3,(H,24,27). The van der Waals surface area contributed by atoms with E-state index in [-0.39, 0.29) is 17.9 Å². The van der Waals surface area contributed by atoms with Crippen molar-refractivity contribution in [3.8, 4) is 0 Å². The number of piperidine rings is 1. The summed E-state index contributed by atoms with van der Waals surface area (Å²) in [6, 6.07) is -0.341. The van der Waals surface area contributed by atoms with Crippen LogP contribution in [0.2, 0.25) is 0 Å². The van der Waals surface area contributed by atoms with Crippen molar-refractivity contribution in [1.82, 2.24) is 19.8 Å². The van der Waals surface area contributed by atoms with E-state index in [4.69, 9.17) is 0 Å². The summed E-state index contributed by atoms with van der Waals surface area (Å²) < 4.78 is 41.7. The molecule has 1 aliphatic rings. The zero-order valence-electron chi connectivity index (χ0n) is 17.0. The Morgan fingerprint density at radius 3 is 2.31 bits per heavy atom. The molecule has 0 aromatic carbocycles. The SMILES string of the molecule is CCC(CC)C(=O)N1CCC(NC(=O)CC(O)(c2nccn2C)C(F)(F)F)CC1. The molecule has 2 heterocycles. The maximum atomic E-state index is 13.5. The van der Waals surface area contributed by atoms with Gasteiger partial charge in [0.05, 0.1) is 6.42 Å². The lowest BCUT2D eigenvalue weighted by Crippen LogP contribution is -2.51. The summed E-state index contributed by atoms with van der Waals surface area (Å²) in [6.07, 6.45) is -1.38. The molecule has 0 aliphatic carbocycles. The summed E-state index contributed by atoms with van der Waals surface area (Å²) >= 11 is 0. The first-order valence-corrected chi connectivity index (χ1v) is 9.88. The van der Waals surface area contributed by atoms with E-state index >= 15 is 0 Å². The Hall–Kier alpha value is -2.10. The Balaban J connectivity index is 1.97. The van der Waals surface area contributed by atoms with Crippen LogP contribution in [-0.4, -0.2) is 56.7 Å². The van der Waals surface area contributed by atoms with Crippen molar-refractivity contribution in [3.05, 3.63) is 18.2 Å². The number of rotatable bonds is 7. The summed E-state index contributed by atoms with van der Waals surface area (Å²) in [6.45, 7) is 4.82. The van der Waals surface area contributed by atoms with E-state index in [1.807, 2.05) is 13.8 Å². The number of alkyl halides is 3. The molecule has 1 fully saturated rings. The van der Waals surface area contributed by atoms with Gasteiger partial charge in [-0.15, -0.1) is 0 Å². The highest BCUT2D eigenvalue weighted by molar-refractivity contribution is 5.79. The minimum absolute atomic E-state index is 0.0271. The van der Waals surface area contributed by atoms with Crippen molar-refractivity contribution in [1.29, 1.82) is 0 Å². The van der Waals surface area contributed by atoms with Gasteiger partial charge in [0.25, 0.3) is 0 Å². The Morgan fingerprint density at radius 2 is 1.86 bits per heavy atom.